The van der Waals surface area contributed by atoms with E-state index in [0.29, 0.717) is 5.69 Å². The van der Waals surface area contributed by atoms with Gasteiger partial charge in [0.15, 0.2) is 0 Å². The minimum atomic E-state index is -0.0162. The molecule has 0 aliphatic carbocycles. The van der Waals surface area contributed by atoms with Crippen LogP contribution in [-0.4, -0.2) is 15.6 Å². The van der Waals surface area contributed by atoms with E-state index >= 15 is 0 Å². The zero-order valence-corrected chi connectivity index (χ0v) is 7.94. The summed E-state index contributed by atoms with van der Waals surface area (Å²) in [5, 5.41) is 26.6. The summed E-state index contributed by atoms with van der Waals surface area (Å²) >= 11 is 0. The van der Waals surface area contributed by atoms with Crippen molar-refractivity contribution < 1.29 is 15.6 Å². The first-order valence-electron chi connectivity index (χ1n) is 4.40. The molecule has 0 aromatic heterocycles. The molecule has 1 aromatic rings. The highest BCUT2D eigenvalue weighted by molar-refractivity contribution is 5.70. The van der Waals surface area contributed by atoms with E-state index < -0.39 is 0 Å². The predicted molar refractivity (Wildman–Crippen MR) is 51.9 cm³/mol. The van der Waals surface area contributed by atoms with Gasteiger partial charge in [0.05, 0.1) is 5.69 Å². The van der Waals surface area contributed by atoms with Crippen LogP contribution in [0.4, 0.5) is 11.4 Å². The third-order valence-corrected chi connectivity index (χ3v) is 1.98. The summed E-state index contributed by atoms with van der Waals surface area (Å²) in [6, 6.07) is 4.99. The molecule has 0 unspecified atom stereocenters. The number of anilines is 2. The Kier molecular flexibility index (Phi) is 3.70. The monoisotopic (exact) mass is 198 g/mol. The topological polar surface area (TPSA) is 76.0 Å². The predicted octanol–water partition coefficient (Wildman–Crippen LogP) is 2.02. The van der Waals surface area contributed by atoms with Crippen LogP contribution in [0.3, 0.4) is 0 Å². The molecule has 0 radical (unpaired) electrons. The fourth-order valence-corrected chi connectivity index (χ4v) is 1.36. The van der Waals surface area contributed by atoms with Crippen LogP contribution in [0.25, 0.3) is 0 Å². The highest BCUT2D eigenvalue weighted by Gasteiger charge is 2.10. The van der Waals surface area contributed by atoms with E-state index in [4.69, 9.17) is 15.6 Å². The molecular formula is C9H14N2O3. The lowest BCUT2D eigenvalue weighted by Gasteiger charge is -2.15. The highest BCUT2D eigenvalue weighted by atomic mass is 16.8. The third kappa shape index (κ3) is 2.14. The van der Waals surface area contributed by atoms with Gasteiger partial charge in [-0.2, -0.15) is 0 Å². The van der Waals surface area contributed by atoms with Crippen LogP contribution in [-0.2, 0) is 6.42 Å². The molecule has 14 heavy (non-hydrogen) atoms. The normalized spacial score (nSPS) is 10.0. The Morgan fingerprint density at radius 1 is 1.36 bits per heavy atom. The van der Waals surface area contributed by atoms with Gasteiger partial charge in [-0.1, -0.05) is 25.5 Å². The Bertz CT molecular complexity index is 302. The minimum absolute atomic E-state index is 0.0162. The van der Waals surface area contributed by atoms with Crippen molar-refractivity contribution >= 4 is 11.4 Å². The molecule has 0 saturated carbocycles. The van der Waals surface area contributed by atoms with Crippen LogP contribution < -0.4 is 10.7 Å². The maximum Gasteiger partial charge on any atom is 0.120 e. The van der Waals surface area contributed by atoms with Crippen LogP contribution in [0.1, 0.15) is 18.9 Å². The fraction of sp³-hybridized carbons (Fsp3) is 0.333. The van der Waals surface area contributed by atoms with Gasteiger partial charge < -0.3 is 0 Å². The Hall–Kier alpha value is -1.30. The lowest BCUT2D eigenvalue weighted by atomic mass is 10.1. The number of hydrogen-bond acceptors (Lipinski definition) is 5. The van der Waals surface area contributed by atoms with Gasteiger partial charge in [-0.3, -0.25) is 21.1 Å². The van der Waals surface area contributed by atoms with Gasteiger partial charge in [-0.15, -0.1) is 5.23 Å². The molecule has 0 amide bonds. The van der Waals surface area contributed by atoms with Crippen LogP contribution >= 0.6 is 0 Å². The molecule has 1 rings (SSSR count). The first kappa shape index (κ1) is 10.8. The summed E-state index contributed by atoms with van der Waals surface area (Å²) < 4.78 is 0. The Balaban J connectivity index is 3.11. The number of rotatable bonds is 4. The van der Waals surface area contributed by atoms with Crippen LogP contribution in [0.2, 0.25) is 0 Å². The molecule has 0 saturated heterocycles. The second-order valence-electron chi connectivity index (χ2n) is 2.96. The number of aryl methyl sites for hydroxylation is 1. The Morgan fingerprint density at radius 3 is 2.57 bits per heavy atom. The summed E-state index contributed by atoms with van der Waals surface area (Å²) in [4.78, 5) is 0. The molecule has 0 aliphatic rings. The van der Waals surface area contributed by atoms with Crippen molar-refractivity contribution in [1.82, 2.24) is 0 Å². The van der Waals surface area contributed by atoms with E-state index in [0.717, 1.165) is 18.4 Å². The first-order valence-corrected chi connectivity index (χ1v) is 4.40. The maximum absolute atomic E-state index is 8.88. The van der Waals surface area contributed by atoms with Gasteiger partial charge in [0, 0.05) is 0 Å². The van der Waals surface area contributed by atoms with Crippen molar-refractivity contribution in [2.45, 2.75) is 19.8 Å². The van der Waals surface area contributed by atoms with E-state index in [1.807, 2.05) is 18.5 Å². The van der Waals surface area contributed by atoms with Crippen molar-refractivity contribution in [2.24, 2.45) is 0 Å². The largest absolute Gasteiger partial charge is 0.291 e. The minimum Gasteiger partial charge on any atom is -0.291 e. The van der Waals surface area contributed by atoms with Crippen molar-refractivity contribution in [3.63, 3.8) is 0 Å². The van der Waals surface area contributed by atoms with Gasteiger partial charge in [0.2, 0.25) is 0 Å². The molecule has 0 fully saturated rings. The average Bonchev–Trinajstić information content (AvgIpc) is 2.18. The zero-order valence-electron chi connectivity index (χ0n) is 7.94. The average molecular weight is 198 g/mol. The second-order valence-corrected chi connectivity index (χ2v) is 2.96. The van der Waals surface area contributed by atoms with Crippen LogP contribution in [0.5, 0.6) is 0 Å². The maximum atomic E-state index is 8.88. The van der Waals surface area contributed by atoms with E-state index in [-0.39, 0.29) is 10.9 Å². The summed E-state index contributed by atoms with van der Waals surface area (Å²) in [6.07, 6.45) is 1.67. The van der Waals surface area contributed by atoms with E-state index in [9.17, 15) is 0 Å². The van der Waals surface area contributed by atoms with Gasteiger partial charge in [-0.05, 0) is 18.1 Å². The third-order valence-electron chi connectivity index (χ3n) is 1.98. The summed E-state index contributed by atoms with van der Waals surface area (Å²) in [7, 11) is 0. The molecule has 0 atom stereocenters. The van der Waals surface area contributed by atoms with Crippen molar-refractivity contribution in [2.75, 3.05) is 10.7 Å². The van der Waals surface area contributed by atoms with E-state index in [1.165, 1.54) is 6.07 Å². The molecule has 4 N–H and O–H groups in total. The molecule has 0 bridgehead atoms. The quantitative estimate of drug-likeness (QED) is 0.557. The van der Waals surface area contributed by atoms with Crippen molar-refractivity contribution in [1.29, 1.82) is 0 Å². The number of nitrogens with zero attached hydrogens (tertiary/aromatic N) is 1. The molecular weight excluding hydrogens is 184 g/mol. The van der Waals surface area contributed by atoms with Crippen LogP contribution in [0.15, 0.2) is 18.2 Å². The first-order chi connectivity index (χ1) is 6.70. The molecule has 1 aromatic carbocycles. The summed E-state index contributed by atoms with van der Waals surface area (Å²) in [5.41, 5.74) is 3.24. The van der Waals surface area contributed by atoms with Gasteiger partial charge in [-0.25, -0.2) is 0 Å². The molecule has 5 heteroatoms. The summed E-state index contributed by atoms with van der Waals surface area (Å²) in [5.74, 6) is 0. The van der Waals surface area contributed by atoms with Crippen LogP contribution in [0, 0.1) is 0 Å². The Labute approximate surface area is 82.1 Å². The van der Waals surface area contributed by atoms with Gasteiger partial charge in [0.1, 0.15) is 5.69 Å². The zero-order chi connectivity index (χ0) is 10.6. The second kappa shape index (κ2) is 4.80. The lowest BCUT2D eigenvalue weighted by molar-refractivity contribution is 0.0293. The summed E-state index contributed by atoms with van der Waals surface area (Å²) in [6.45, 7) is 2.00. The van der Waals surface area contributed by atoms with E-state index in [1.54, 1.807) is 6.07 Å². The number of benzene rings is 1. The standard InChI is InChI=1S/C9H14N2O3/c1-2-4-7-5-3-6-8(11(13)14)9(7)10-12/h3,5-6,10,12-14H,2,4H2,1H3. The fourth-order valence-electron chi connectivity index (χ4n) is 1.36. The molecule has 78 valence electrons. The molecule has 5 nitrogen and oxygen atoms in total. The number of hydrogen-bond donors (Lipinski definition) is 4. The molecule has 0 heterocycles. The molecule has 0 spiro atoms. The highest BCUT2D eigenvalue weighted by Crippen LogP contribution is 2.28. The van der Waals surface area contributed by atoms with Crippen molar-refractivity contribution in [3.8, 4) is 0 Å². The van der Waals surface area contributed by atoms with Gasteiger partial charge >= 0.3 is 0 Å². The number of nitrogens with one attached hydrogen (secondary N) is 1. The molecule has 0 aliphatic heterocycles. The smallest absolute Gasteiger partial charge is 0.120 e. The van der Waals surface area contributed by atoms with E-state index in [2.05, 4.69) is 0 Å². The van der Waals surface area contributed by atoms with Gasteiger partial charge in [0.25, 0.3) is 0 Å². The number of para-hydroxylation sites is 1. The Morgan fingerprint density at radius 2 is 2.07 bits per heavy atom. The van der Waals surface area contributed by atoms with Crippen molar-refractivity contribution in [3.05, 3.63) is 23.8 Å². The lowest BCUT2D eigenvalue weighted by Crippen LogP contribution is -2.14. The SMILES string of the molecule is CCCc1cccc(N(O)O)c1NO.